The summed E-state index contributed by atoms with van der Waals surface area (Å²) in [7, 11) is 0. The molecule has 0 aliphatic heterocycles. The van der Waals surface area contributed by atoms with Crippen LogP contribution in [0.2, 0.25) is 0 Å². The van der Waals surface area contributed by atoms with Gasteiger partial charge in [0.05, 0.1) is 5.69 Å². The van der Waals surface area contributed by atoms with Gasteiger partial charge in [-0.1, -0.05) is 182 Å². The summed E-state index contributed by atoms with van der Waals surface area (Å²) >= 11 is 1.88. The highest BCUT2D eigenvalue weighted by molar-refractivity contribution is 7.26. The summed E-state index contributed by atoms with van der Waals surface area (Å²) in [5.74, 6) is 0. The molecule has 1 heterocycles. The maximum atomic E-state index is 2.44. The van der Waals surface area contributed by atoms with Crippen molar-refractivity contribution in [3.8, 4) is 44.5 Å². The molecule has 1 nitrogen and oxygen atoms in total. The minimum absolute atomic E-state index is 1.09. The molecule has 0 aliphatic carbocycles. The van der Waals surface area contributed by atoms with Gasteiger partial charge in [-0.15, -0.1) is 11.3 Å². The molecule has 0 N–H and O–H groups in total. The first-order valence-electron chi connectivity index (χ1n) is 21.2. The molecule has 290 valence electrons. The van der Waals surface area contributed by atoms with E-state index in [4.69, 9.17) is 0 Å². The van der Waals surface area contributed by atoms with Crippen LogP contribution in [-0.4, -0.2) is 0 Å². The van der Waals surface area contributed by atoms with Gasteiger partial charge in [0.25, 0.3) is 0 Å². The van der Waals surface area contributed by atoms with E-state index in [1.54, 1.807) is 0 Å². The Kier molecular flexibility index (Phi) is 8.76. The fourth-order valence-corrected chi connectivity index (χ4v) is 10.7. The molecule has 62 heavy (non-hydrogen) atoms. The molecular weight excluding hydrogens is 767 g/mol. The molecule has 12 rings (SSSR count). The summed E-state index contributed by atoms with van der Waals surface area (Å²) in [4.78, 5) is 2.44. The number of hydrogen-bond donors (Lipinski definition) is 0. The highest BCUT2D eigenvalue weighted by Crippen LogP contribution is 2.48. The third kappa shape index (κ3) is 6.15. The lowest BCUT2D eigenvalue weighted by Crippen LogP contribution is -2.11. The molecule has 0 saturated carbocycles. The van der Waals surface area contributed by atoms with Crippen LogP contribution >= 0.6 is 11.3 Å². The normalized spacial score (nSPS) is 11.5. The van der Waals surface area contributed by atoms with Crippen molar-refractivity contribution in [1.29, 1.82) is 0 Å². The van der Waals surface area contributed by atoms with Crippen LogP contribution in [0.4, 0.5) is 17.1 Å². The largest absolute Gasteiger partial charge is 0.310 e. The van der Waals surface area contributed by atoms with Crippen molar-refractivity contribution in [3.63, 3.8) is 0 Å². The second-order valence-corrected chi connectivity index (χ2v) is 17.1. The molecule has 0 bridgehead atoms. The molecule has 0 aliphatic rings. The predicted molar refractivity (Wildman–Crippen MR) is 268 cm³/mol. The minimum Gasteiger partial charge on any atom is -0.310 e. The summed E-state index contributed by atoms with van der Waals surface area (Å²) in [6.07, 6.45) is 0. The van der Waals surface area contributed by atoms with Crippen molar-refractivity contribution in [1.82, 2.24) is 0 Å². The Bertz CT molecular complexity index is 3620. The van der Waals surface area contributed by atoms with E-state index in [0.29, 0.717) is 0 Å². The van der Waals surface area contributed by atoms with Gasteiger partial charge >= 0.3 is 0 Å². The van der Waals surface area contributed by atoms with Crippen LogP contribution in [0.5, 0.6) is 0 Å². The lowest BCUT2D eigenvalue weighted by Gasteiger charge is -2.29. The fourth-order valence-electron chi connectivity index (χ4n) is 9.54. The lowest BCUT2D eigenvalue weighted by atomic mass is 9.90. The van der Waals surface area contributed by atoms with Crippen LogP contribution < -0.4 is 4.90 Å². The Labute approximate surface area is 365 Å². The number of hydrogen-bond acceptors (Lipinski definition) is 2. The summed E-state index contributed by atoms with van der Waals surface area (Å²) in [6, 6.07) is 86.8. The van der Waals surface area contributed by atoms with Gasteiger partial charge in [0.15, 0.2) is 0 Å². The van der Waals surface area contributed by atoms with E-state index in [2.05, 4.69) is 241 Å². The zero-order valence-electron chi connectivity index (χ0n) is 33.9. The van der Waals surface area contributed by atoms with Crippen molar-refractivity contribution < 1.29 is 0 Å². The molecule has 0 saturated heterocycles. The quantitative estimate of drug-likeness (QED) is 0.145. The molecule has 0 atom stereocenters. The molecule has 0 radical (unpaired) electrons. The Morgan fingerprint density at radius 2 is 0.855 bits per heavy atom. The smallest absolute Gasteiger partial charge is 0.0540 e. The Morgan fingerprint density at radius 1 is 0.274 bits per heavy atom. The van der Waals surface area contributed by atoms with Crippen molar-refractivity contribution in [2.24, 2.45) is 0 Å². The maximum absolute atomic E-state index is 2.44. The van der Waals surface area contributed by atoms with Gasteiger partial charge in [-0.05, 0) is 126 Å². The van der Waals surface area contributed by atoms with Gasteiger partial charge in [-0.25, -0.2) is 0 Å². The second kappa shape index (κ2) is 15.0. The number of anilines is 3. The molecular formula is C60H39NS. The second-order valence-electron chi connectivity index (χ2n) is 16.0. The lowest BCUT2D eigenvalue weighted by molar-refractivity contribution is 1.28. The summed E-state index contributed by atoms with van der Waals surface area (Å²) < 4.78 is 2.61. The number of nitrogens with zero attached hydrogens (tertiary/aromatic N) is 1. The van der Waals surface area contributed by atoms with E-state index < -0.39 is 0 Å². The van der Waals surface area contributed by atoms with Crippen LogP contribution in [0.15, 0.2) is 237 Å². The van der Waals surface area contributed by atoms with E-state index in [1.165, 1.54) is 97.0 Å². The third-order valence-electron chi connectivity index (χ3n) is 12.4. The van der Waals surface area contributed by atoms with Crippen LogP contribution in [-0.2, 0) is 0 Å². The van der Waals surface area contributed by atoms with Gasteiger partial charge in [0.2, 0.25) is 0 Å². The van der Waals surface area contributed by atoms with Crippen LogP contribution in [0.3, 0.4) is 0 Å². The van der Waals surface area contributed by atoms with E-state index >= 15 is 0 Å². The van der Waals surface area contributed by atoms with Crippen molar-refractivity contribution in [2.45, 2.75) is 0 Å². The number of thiophene rings is 1. The molecule has 2 heteroatoms. The van der Waals surface area contributed by atoms with Crippen LogP contribution in [0.25, 0.3) is 97.0 Å². The molecule has 12 aromatic rings. The van der Waals surface area contributed by atoms with E-state index in [1.807, 2.05) is 11.3 Å². The van der Waals surface area contributed by atoms with Crippen molar-refractivity contribution in [2.75, 3.05) is 4.90 Å². The third-order valence-corrected chi connectivity index (χ3v) is 13.6. The fraction of sp³-hybridized carbons (Fsp3) is 0. The zero-order valence-corrected chi connectivity index (χ0v) is 34.7. The molecule has 0 unspecified atom stereocenters. The molecule has 0 spiro atoms. The van der Waals surface area contributed by atoms with Gasteiger partial charge in [-0.2, -0.15) is 0 Å². The van der Waals surface area contributed by atoms with Gasteiger partial charge in [0, 0.05) is 37.1 Å². The minimum atomic E-state index is 1.09. The SMILES string of the molecule is c1ccc(-c2cc(N(c3ccc(-c4cc5ccccc5c5ccccc45)cc3)c3ccccc3-c3ccccc3)ccc2-c2cccc3sc4cc5ccccc5cc4c23)cc1. The average molecular weight is 806 g/mol. The maximum Gasteiger partial charge on any atom is 0.0540 e. The first kappa shape index (κ1) is 36.1. The Balaban J connectivity index is 1.07. The number of para-hydroxylation sites is 1. The Hall–Kier alpha value is -7.78. The standard InChI is InChI=1S/C60H39NS/c1-3-16-40(17-4-1)49-24-13-14-28-57(49)61(46-32-30-42(31-33-46)54-37-45-22-9-10-23-48(45)50-25-11-12-26-51(50)54)47-34-35-52(55(39-47)41-18-5-2-6-19-41)53-27-15-29-58-60(53)56-36-43-20-7-8-21-44(43)38-59(56)62-58/h1-39H. The number of benzene rings is 11. The van der Waals surface area contributed by atoms with Crippen molar-refractivity contribution >= 4 is 80.9 Å². The van der Waals surface area contributed by atoms with E-state index in [-0.39, 0.29) is 0 Å². The topological polar surface area (TPSA) is 3.24 Å². The summed E-state index contributed by atoms with van der Waals surface area (Å²) in [5, 5.41) is 10.2. The molecule has 0 amide bonds. The van der Waals surface area contributed by atoms with E-state index in [9.17, 15) is 0 Å². The highest BCUT2D eigenvalue weighted by Gasteiger charge is 2.21. The Morgan fingerprint density at radius 3 is 1.63 bits per heavy atom. The number of fused-ring (bicyclic) bond motifs is 7. The van der Waals surface area contributed by atoms with Crippen LogP contribution in [0, 0.1) is 0 Å². The first-order valence-corrected chi connectivity index (χ1v) is 22.1. The van der Waals surface area contributed by atoms with Crippen molar-refractivity contribution in [3.05, 3.63) is 237 Å². The monoisotopic (exact) mass is 805 g/mol. The number of rotatable bonds is 7. The van der Waals surface area contributed by atoms with Gasteiger partial charge in [-0.3, -0.25) is 0 Å². The first-order chi connectivity index (χ1) is 30.7. The zero-order chi connectivity index (χ0) is 41.0. The van der Waals surface area contributed by atoms with E-state index in [0.717, 1.165) is 17.1 Å². The summed E-state index contributed by atoms with van der Waals surface area (Å²) in [6.45, 7) is 0. The predicted octanol–water partition coefficient (Wildman–Crippen LogP) is 17.7. The summed E-state index contributed by atoms with van der Waals surface area (Å²) in [5.41, 5.74) is 12.9. The average Bonchev–Trinajstić information content (AvgIpc) is 3.71. The highest BCUT2D eigenvalue weighted by atomic mass is 32.1. The van der Waals surface area contributed by atoms with Gasteiger partial charge < -0.3 is 4.90 Å². The van der Waals surface area contributed by atoms with Gasteiger partial charge in [0.1, 0.15) is 0 Å². The molecule has 11 aromatic carbocycles. The molecule has 0 fully saturated rings. The van der Waals surface area contributed by atoms with Crippen LogP contribution in [0.1, 0.15) is 0 Å². The molecule has 1 aromatic heterocycles.